The molecule has 2 rings (SSSR count). The van der Waals surface area contributed by atoms with Gasteiger partial charge in [-0.15, -0.1) is 0 Å². The van der Waals surface area contributed by atoms with Crippen molar-refractivity contribution in [2.45, 2.75) is 38.2 Å². The van der Waals surface area contributed by atoms with Crippen LogP contribution in [0.1, 0.15) is 38.2 Å². The minimum Gasteiger partial charge on any atom is -0.467 e. The van der Waals surface area contributed by atoms with Crippen molar-refractivity contribution in [3.63, 3.8) is 0 Å². The molecule has 1 aromatic rings. The molecule has 0 aliphatic heterocycles. The standard InChI is InChI=1S/C18H24O3/c1-5-16-13(3)12(2)15(14-9-7-6-8-10-14)11-18(16,20)17(19)21-4/h6-10,12,15-16,20H,3,5,11H2,1-2,4H3/t12-,15-,16+,18-/m0/s1. The summed E-state index contributed by atoms with van der Waals surface area (Å²) in [5.41, 5.74) is 0.585. The second-order valence-corrected chi connectivity index (χ2v) is 5.96. The normalized spacial score (nSPS) is 32.8. The molecule has 0 spiro atoms. The van der Waals surface area contributed by atoms with E-state index in [1.807, 2.05) is 37.3 Å². The van der Waals surface area contributed by atoms with Gasteiger partial charge < -0.3 is 9.84 Å². The summed E-state index contributed by atoms with van der Waals surface area (Å²) in [7, 11) is 1.32. The molecule has 0 bridgehead atoms. The Kier molecular flexibility index (Phi) is 4.52. The molecule has 0 heterocycles. The molecule has 1 aromatic carbocycles. The van der Waals surface area contributed by atoms with E-state index < -0.39 is 11.6 Å². The van der Waals surface area contributed by atoms with Gasteiger partial charge in [-0.25, -0.2) is 4.79 Å². The molecule has 1 fully saturated rings. The lowest BCUT2D eigenvalue weighted by molar-refractivity contribution is -0.171. The molecule has 1 saturated carbocycles. The average Bonchev–Trinajstić information content (AvgIpc) is 2.51. The zero-order valence-corrected chi connectivity index (χ0v) is 13.0. The minimum absolute atomic E-state index is 0.0746. The third-order valence-electron chi connectivity index (χ3n) is 4.92. The van der Waals surface area contributed by atoms with Crippen LogP contribution in [0.5, 0.6) is 0 Å². The Bertz CT molecular complexity index is 523. The van der Waals surface area contributed by atoms with Crippen molar-refractivity contribution in [1.29, 1.82) is 0 Å². The van der Waals surface area contributed by atoms with Crippen molar-refractivity contribution in [3.8, 4) is 0 Å². The average molecular weight is 288 g/mol. The summed E-state index contributed by atoms with van der Waals surface area (Å²) in [6.45, 7) is 8.26. The molecule has 3 heteroatoms. The molecular weight excluding hydrogens is 264 g/mol. The lowest BCUT2D eigenvalue weighted by Gasteiger charge is -2.46. The van der Waals surface area contributed by atoms with Crippen LogP contribution < -0.4 is 0 Å². The van der Waals surface area contributed by atoms with Gasteiger partial charge in [-0.1, -0.05) is 56.3 Å². The summed E-state index contributed by atoms with van der Waals surface area (Å²) in [6, 6.07) is 10.0. The van der Waals surface area contributed by atoms with Gasteiger partial charge in [0.1, 0.15) is 0 Å². The zero-order chi connectivity index (χ0) is 15.6. The second-order valence-electron chi connectivity index (χ2n) is 5.96. The van der Waals surface area contributed by atoms with Crippen LogP contribution in [0.15, 0.2) is 42.5 Å². The third-order valence-corrected chi connectivity index (χ3v) is 4.92. The smallest absolute Gasteiger partial charge is 0.338 e. The molecule has 0 saturated heterocycles. The van der Waals surface area contributed by atoms with Gasteiger partial charge in [-0.2, -0.15) is 0 Å². The summed E-state index contributed by atoms with van der Waals surface area (Å²) >= 11 is 0. The van der Waals surface area contributed by atoms with E-state index in [0.29, 0.717) is 12.8 Å². The summed E-state index contributed by atoms with van der Waals surface area (Å²) in [6.07, 6.45) is 1.05. The molecule has 0 amide bonds. The topological polar surface area (TPSA) is 46.5 Å². The van der Waals surface area contributed by atoms with Crippen LogP contribution in [0, 0.1) is 11.8 Å². The monoisotopic (exact) mass is 288 g/mol. The number of hydrogen-bond acceptors (Lipinski definition) is 3. The third kappa shape index (κ3) is 2.62. The lowest BCUT2D eigenvalue weighted by atomic mass is 9.61. The summed E-state index contributed by atoms with van der Waals surface area (Å²) in [5, 5.41) is 11.0. The first-order chi connectivity index (χ1) is 9.95. The second kappa shape index (κ2) is 6.02. The highest BCUT2D eigenvalue weighted by Gasteiger charge is 2.52. The van der Waals surface area contributed by atoms with Crippen molar-refractivity contribution >= 4 is 5.97 Å². The van der Waals surface area contributed by atoms with Gasteiger partial charge in [0.2, 0.25) is 0 Å². The molecule has 0 unspecified atom stereocenters. The van der Waals surface area contributed by atoms with Gasteiger partial charge in [-0.3, -0.25) is 0 Å². The minimum atomic E-state index is -1.48. The van der Waals surface area contributed by atoms with Crippen LogP contribution in [0.25, 0.3) is 0 Å². The number of carbonyl (C=O) groups is 1. The Labute approximate surface area is 126 Å². The number of carbonyl (C=O) groups excluding carboxylic acids is 1. The zero-order valence-electron chi connectivity index (χ0n) is 13.0. The van der Waals surface area contributed by atoms with Gasteiger partial charge in [0.15, 0.2) is 5.60 Å². The number of methoxy groups -OCH3 is 1. The van der Waals surface area contributed by atoms with Crippen LogP contribution in [-0.2, 0) is 9.53 Å². The van der Waals surface area contributed by atoms with E-state index >= 15 is 0 Å². The van der Waals surface area contributed by atoms with Gasteiger partial charge >= 0.3 is 5.97 Å². The maximum absolute atomic E-state index is 12.2. The van der Waals surface area contributed by atoms with E-state index in [-0.39, 0.29) is 17.8 Å². The Balaban J connectivity index is 2.43. The first-order valence-corrected chi connectivity index (χ1v) is 7.50. The summed E-state index contributed by atoms with van der Waals surface area (Å²) in [4.78, 5) is 12.2. The van der Waals surface area contributed by atoms with Crippen molar-refractivity contribution in [2.75, 3.05) is 7.11 Å². The fraction of sp³-hybridized carbons (Fsp3) is 0.500. The molecular formula is C18H24O3. The van der Waals surface area contributed by atoms with Crippen molar-refractivity contribution in [3.05, 3.63) is 48.0 Å². The van der Waals surface area contributed by atoms with Crippen LogP contribution in [0.4, 0.5) is 0 Å². The maximum Gasteiger partial charge on any atom is 0.338 e. The lowest BCUT2D eigenvalue weighted by Crippen LogP contribution is -2.52. The maximum atomic E-state index is 12.2. The van der Waals surface area contributed by atoms with Crippen molar-refractivity contribution in [1.82, 2.24) is 0 Å². The van der Waals surface area contributed by atoms with E-state index in [1.165, 1.54) is 7.11 Å². The molecule has 1 N–H and O–H groups in total. The first-order valence-electron chi connectivity index (χ1n) is 7.50. The Morgan fingerprint density at radius 3 is 2.57 bits per heavy atom. The van der Waals surface area contributed by atoms with Crippen LogP contribution >= 0.6 is 0 Å². The Hall–Kier alpha value is -1.61. The molecule has 114 valence electrons. The molecule has 1 aliphatic carbocycles. The van der Waals surface area contributed by atoms with Crippen molar-refractivity contribution < 1.29 is 14.6 Å². The van der Waals surface area contributed by atoms with Gasteiger partial charge in [0.25, 0.3) is 0 Å². The molecule has 21 heavy (non-hydrogen) atoms. The highest BCUT2D eigenvalue weighted by atomic mass is 16.5. The molecule has 0 radical (unpaired) electrons. The van der Waals surface area contributed by atoms with E-state index in [9.17, 15) is 9.90 Å². The SMILES string of the molecule is C=C1[C@@H](CC)[C@](O)(C(=O)OC)C[C@H](c2ccccc2)[C@H]1C. The number of benzene rings is 1. The van der Waals surface area contributed by atoms with Crippen LogP contribution in [0.2, 0.25) is 0 Å². The fourth-order valence-corrected chi connectivity index (χ4v) is 3.65. The number of ether oxygens (including phenoxy) is 1. The number of aliphatic hydroxyl groups is 1. The quantitative estimate of drug-likeness (QED) is 0.685. The number of rotatable bonds is 3. The number of hydrogen-bond donors (Lipinski definition) is 1. The highest BCUT2D eigenvalue weighted by molar-refractivity contribution is 5.80. The Morgan fingerprint density at radius 1 is 1.43 bits per heavy atom. The predicted molar refractivity (Wildman–Crippen MR) is 82.9 cm³/mol. The van der Waals surface area contributed by atoms with Gasteiger partial charge in [0, 0.05) is 5.92 Å². The molecule has 0 aromatic heterocycles. The molecule has 3 nitrogen and oxygen atoms in total. The predicted octanol–water partition coefficient (Wildman–Crippen LogP) is 3.30. The molecule has 4 atom stereocenters. The van der Waals surface area contributed by atoms with E-state index in [4.69, 9.17) is 4.74 Å². The highest BCUT2D eigenvalue weighted by Crippen LogP contribution is 2.49. The Morgan fingerprint density at radius 2 is 2.05 bits per heavy atom. The fourth-order valence-electron chi connectivity index (χ4n) is 3.65. The summed E-state index contributed by atoms with van der Waals surface area (Å²) in [5.74, 6) is -0.504. The van der Waals surface area contributed by atoms with E-state index in [2.05, 4.69) is 13.5 Å². The number of esters is 1. The summed E-state index contributed by atoms with van der Waals surface area (Å²) < 4.78 is 4.86. The van der Waals surface area contributed by atoms with Gasteiger partial charge in [0.05, 0.1) is 7.11 Å². The van der Waals surface area contributed by atoms with Gasteiger partial charge in [-0.05, 0) is 30.2 Å². The largest absolute Gasteiger partial charge is 0.467 e. The van der Waals surface area contributed by atoms with E-state index in [0.717, 1.165) is 11.1 Å². The van der Waals surface area contributed by atoms with Crippen molar-refractivity contribution in [2.24, 2.45) is 11.8 Å². The van der Waals surface area contributed by atoms with Crippen LogP contribution in [0.3, 0.4) is 0 Å². The first kappa shape index (κ1) is 15.8. The van der Waals surface area contributed by atoms with Crippen LogP contribution in [-0.4, -0.2) is 23.8 Å². The van der Waals surface area contributed by atoms with E-state index in [1.54, 1.807) is 0 Å². The molecule has 1 aliphatic rings.